The first-order valence-electron chi connectivity index (χ1n) is 8.26. The number of thioether (sulfide) groups is 1. The SMILES string of the molecule is NC(=NC[C@@]1(N2CCOCC2)CCSC1)N1CCCCC1. The molecule has 3 aliphatic heterocycles. The largest absolute Gasteiger partial charge is 0.379 e. The first-order chi connectivity index (χ1) is 10.3. The minimum atomic E-state index is 0.217. The molecule has 0 aliphatic carbocycles. The summed E-state index contributed by atoms with van der Waals surface area (Å²) in [7, 11) is 0. The molecule has 0 radical (unpaired) electrons. The third-order valence-corrected chi connectivity index (χ3v) is 6.21. The number of piperidine rings is 1. The van der Waals surface area contributed by atoms with Crippen LogP contribution < -0.4 is 5.73 Å². The summed E-state index contributed by atoms with van der Waals surface area (Å²) in [5.74, 6) is 3.19. The van der Waals surface area contributed by atoms with Crippen LogP contribution in [0.3, 0.4) is 0 Å². The predicted molar refractivity (Wildman–Crippen MR) is 89.0 cm³/mol. The third-order valence-electron chi connectivity index (χ3n) is 4.98. The zero-order valence-electron chi connectivity index (χ0n) is 12.9. The van der Waals surface area contributed by atoms with E-state index in [1.165, 1.54) is 37.2 Å². The van der Waals surface area contributed by atoms with Crippen molar-refractivity contribution in [3.63, 3.8) is 0 Å². The van der Waals surface area contributed by atoms with Crippen molar-refractivity contribution in [1.29, 1.82) is 0 Å². The van der Waals surface area contributed by atoms with Crippen LogP contribution in [0.2, 0.25) is 0 Å². The average molecular weight is 312 g/mol. The number of nitrogens with two attached hydrogens (primary N) is 1. The van der Waals surface area contributed by atoms with Crippen LogP contribution >= 0.6 is 11.8 Å². The van der Waals surface area contributed by atoms with Crippen molar-refractivity contribution < 1.29 is 4.74 Å². The van der Waals surface area contributed by atoms with Crippen LogP contribution in [0.15, 0.2) is 4.99 Å². The topological polar surface area (TPSA) is 54.1 Å². The lowest BCUT2D eigenvalue weighted by Crippen LogP contribution is -2.56. The van der Waals surface area contributed by atoms with E-state index in [9.17, 15) is 0 Å². The number of guanidine groups is 1. The Morgan fingerprint density at radius 3 is 2.57 bits per heavy atom. The van der Waals surface area contributed by atoms with Crippen molar-refractivity contribution in [3.05, 3.63) is 0 Å². The molecule has 120 valence electrons. The second kappa shape index (κ2) is 7.20. The van der Waals surface area contributed by atoms with E-state index in [1.807, 2.05) is 0 Å². The van der Waals surface area contributed by atoms with Gasteiger partial charge in [-0.05, 0) is 31.4 Å². The maximum absolute atomic E-state index is 6.24. The van der Waals surface area contributed by atoms with Gasteiger partial charge in [0, 0.05) is 31.9 Å². The predicted octanol–water partition coefficient (Wildman–Crippen LogP) is 0.995. The Kier molecular flexibility index (Phi) is 5.29. The lowest BCUT2D eigenvalue weighted by atomic mass is 9.96. The van der Waals surface area contributed by atoms with Crippen LogP contribution in [0.1, 0.15) is 25.7 Å². The average Bonchev–Trinajstić information content (AvgIpc) is 3.04. The Labute approximate surface area is 132 Å². The standard InChI is InChI=1S/C15H28N4OS/c16-14(18-5-2-1-3-6-18)17-12-15(4-11-21-13-15)19-7-9-20-10-8-19/h1-13H2,(H2,16,17)/t15-/m0/s1. The zero-order chi connectivity index (χ0) is 14.5. The minimum Gasteiger partial charge on any atom is -0.379 e. The van der Waals surface area contributed by atoms with Gasteiger partial charge in [0.15, 0.2) is 5.96 Å². The highest BCUT2D eigenvalue weighted by molar-refractivity contribution is 7.99. The Balaban J connectivity index is 1.64. The fourth-order valence-electron chi connectivity index (χ4n) is 3.56. The third kappa shape index (κ3) is 3.66. The van der Waals surface area contributed by atoms with Gasteiger partial charge in [0.25, 0.3) is 0 Å². The molecular weight excluding hydrogens is 284 g/mol. The maximum Gasteiger partial charge on any atom is 0.191 e. The van der Waals surface area contributed by atoms with Crippen molar-refractivity contribution in [1.82, 2.24) is 9.80 Å². The van der Waals surface area contributed by atoms with Crippen LogP contribution in [-0.4, -0.2) is 78.7 Å². The first kappa shape index (κ1) is 15.4. The van der Waals surface area contributed by atoms with Crippen molar-refractivity contribution in [2.24, 2.45) is 10.7 Å². The normalized spacial score (nSPS) is 32.6. The van der Waals surface area contributed by atoms with E-state index in [0.717, 1.165) is 51.9 Å². The molecule has 6 heteroatoms. The zero-order valence-corrected chi connectivity index (χ0v) is 13.7. The highest BCUT2D eigenvalue weighted by atomic mass is 32.2. The molecule has 0 unspecified atom stereocenters. The molecule has 3 aliphatic rings. The van der Waals surface area contributed by atoms with Gasteiger partial charge in [-0.2, -0.15) is 11.8 Å². The van der Waals surface area contributed by atoms with E-state index in [1.54, 1.807) is 0 Å². The molecule has 0 spiro atoms. The monoisotopic (exact) mass is 312 g/mol. The molecule has 0 saturated carbocycles. The summed E-state index contributed by atoms with van der Waals surface area (Å²) in [6, 6.07) is 0. The van der Waals surface area contributed by atoms with Gasteiger partial charge < -0.3 is 15.4 Å². The minimum absolute atomic E-state index is 0.217. The van der Waals surface area contributed by atoms with Crippen LogP contribution in [0.4, 0.5) is 0 Å². The van der Waals surface area contributed by atoms with Crippen LogP contribution in [0.5, 0.6) is 0 Å². The molecule has 3 rings (SSSR count). The molecule has 0 aromatic carbocycles. The van der Waals surface area contributed by atoms with Gasteiger partial charge in [-0.25, -0.2) is 0 Å². The Bertz CT molecular complexity index is 359. The van der Waals surface area contributed by atoms with Gasteiger partial charge in [-0.3, -0.25) is 9.89 Å². The van der Waals surface area contributed by atoms with Crippen LogP contribution in [0.25, 0.3) is 0 Å². The Hall–Kier alpha value is -0.460. The lowest BCUT2D eigenvalue weighted by molar-refractivity contribution is -0.0105. The van der Waals surface area contributed by atoms with E-state index in [4.69, 9.17) is 15.5 Å². The summed E-state index contributed by atoms with van der Waals surface area (Å²) in [4.78, 5) is 9.66. The molecule has 3 saturated heterocycles. The number of hydrogen-bond donors (Lipinski definition) is 1. The molecule has 0 bridgehead atoms. The quantitative estimate of drug-likeness (QED) is 0.622. The summed E-state index contributed by atoms with van der Waals surface area (Å²) in [5.41, 5.74) is 6.46. The van der Waals surface area contributed by atoms with Crippen LogP contribution in [-0.2, 0) is 4.74 Å². The van der Waals surface area contributed by atoms with Crippen molar-refractivity contribution >= 4 is 17.7 Å². The highest BCUT2D eigenvalue weighted by Gasteiger charge is 2.40. The molecule has 1 atom stereocenters. The number of hydrogen-bond acceptors (Lipinski definition) is 4. The Morgan fingerprint density at radius 2 is 1.90 bits per heavy atom. The number of rotatable bonds is 3. The van der Waals surface area contributed by atoms with Gasteiger partial charge in [-0.1, -0.05) is 0 Å². The van der Waals surface area contributed by atoms with Crippen molar-refractivity contribution in [2.45, 2.75) is 31.2 Å². The van der Waals surface area contributed by atoms with Crippen molar-refractivity contribution in [3.8, 4) is 0 Å². The summed E-state index contributed by atoms with van der Waals surface area (Å²) in [6.45, 7) is 6.81. The van der Waals surface area contributed by atoms with Gasteiger partial charge >= 0.3 is 0 Å². The number of morpholine rings is 1. The molecule has 2 N–H and O–H groups in total. The molecule has 0 aromatic heterocycles. The highest BCUT2D eigenvalue weighted by Crippen LogP contribution is 2.34. The summed E-state index contributed by atoms with van der Waals surface area (Å²) in [6.07, 6.45) is 5.06. The van der Waals surface area contributed by atoms with E-state index < -0.39 is 0 Å². The summed E-state index contributed by atoms with van der Waals surface area (Å²) < 4.78 is 5.51. The maximum atomic E-state index is 6.24. The van der Waals surface area contributed by atoms with Gasteiger partial charge in [0.05, 0.1) is 25.3 Å². The number of likely N-dealkylation sites (tertiary alicyclic amines) is 1. The Morgan fingerprint density at radius 1 is 1.14 bits per heavy atom. The molecule has 21 heavy (non-hydrogen) atoms. The second-order valence-corrected chi connectivity index (χ2v) is 7.45. The summed E-state index contributed by atoms with van der Waals surface area (Å²) >= 11 is 2.06. The van der Waals surface area contributed by atoms with E-state index >= 15 is 0 Å². The summed E-state index contributed by atoms with van der Waals surface area (Å²) in [5, 5.41) is 0. The lowest BCUT2D eigenvalue weighted by Gasteiger charge is -2.42. The fraction of sp³-hybridized carbons (Fsp3) is 0.933. The van der Waals surface area contributed by atoms with Gasteiger partial charge in [-0.15, -0.1) is 0 Å². The molecule has 3 heterocycles. The van der Waals surface area contributed by atoms with Crippen LogP contribution in [0, 0.1) is 0 Å². The second-order valence-electron chi connectivity index (χ2n) is 6.35. The first-order valence-corrected chi connectivity index (χ1v) is 9.41. The van der Waals surface area contributed by atoms with Gasteiger partial charge in [0.2, 0.25) is 0 Å². The number of nitrogens with zero attached hydrogens (tertiary/aromatic N) is 3. The number of aliphatic imine (C=N–C) groups is 1. The van der Waals surface area contributed by atoms with E-state index in [0.29, 0.717) is 0 Å². The van der Waals surface area contributed by atoms with Crippen molar-refractivity contribution in [2.75, 3.05) is 57.4 Å². The number of ether oxygens (including phenoxy) is 1. The fourth-order valence-corrected chi connectivity index (χ4v) is 5.03. The van der Waals surface area contributed by atoms with Gasteiger partial charge in [0.1, 0.15) is 0 Å². The van der Waals surface area contributed by atoms with E-state index in [2.05, 4.69) is 21.6 Å². The molecule has 0 amide bonds. The molecule has 5 nitrogen and oxygen atoms in total. The molecular formula is C15H28N4OS. The smallest absolute Gasteiger partial charge is 0.191 e. The molecule has 3 fully saturated rings. The van der Waals surface area contributed by atoms with E-state index in [-0.39, 0.29) is 5.54 Å². The molecule has 0 aromatic rings.